The van der Waals surface area contributed by atoms with Crippen LogP contribution in [0.4, 0.5) is 4.79 Å². The van der Waals surface area contributed by atoms with Crippen LogP contribution in [-0.4, -0.2) is 42.3 Å². The molecule has 29 heavy (non-hydrogen) atoms. The average molecular weight is 401 g/mol. The minimum absolute atomic E-state index is 0.226. The molecule has 1 amide bonds. The first kappa shape index (κ1) is 22.7. The number of benzene rings is 1. The van der Waals surface area contributed by atoms with Crippen LogP contribution in [0, 0.1) is 31.1 Å². The van der Waals surface area contributed by atoms with Crippen molar-refractivity contribution in [1.82, 2.24) is 4.90 Å². The predicted octanol–water partition coefficient (Wildman–Crippen LogP) is 4.28. The Bertz CT molecular complexity index is 796. The molecule has 1 heterocycles. The van der Waals surface area contributed by atoms with Crippen molar-refractivity contribution in [2.45, 2.75) is 65.4 Å². The monoisotopic (exact) mass is 400 g/mol. The van der Waals surface area contributed by atoms with E-state index in [1.165, 1.54) is 0 Å². The van der Waals surface area contributed by atoms with E-state index in [1.807, 2.05) is 46.8 Å². The summed E-state index contributed by atoms with van der Waals surface area (Å²) in [6.07, 6.45) is 0.619. The van der Waals surface area contributed by atoms with Gasteiger partial charge in [0.15, 0.2) is 5.92 Å². The number of ether oxygens (including phenoxy) is 2. The van der Waals surface area contributed by atoms with Crippen molar-refractivity contribution in [3.63, 3.8) is 0 Å². The van der Waals surface area contributed by atoms with Crippen molar-refractivity contribution in [2.75, 3.05) is 19.7 Å². The van der Waals surface area contributed by atoms with Gasteiger partial charge in [-0.05, 0) is 71.1 Å². The molecule has 0 bridgehead atoms. The van der Waals surface area contributed by atoms with E-state index >= 15 is 0 Å². The maximum Gasteiger partial charge on any atom is 0.410 e. The number of hydrogen-bond donors (Lipinski definition) is 0. The highest BCUT2D eigenvalue weighted by molar-refractivity contribution is 5.78. The van der Waals surface area contributed by atoms with Crippen molar-refractivity contribution in [3.05, 3.63) is 34.9 Å². The van der Waals surface area contributed by atoms with E-state index in [2.05, 4.69) is 12.1 Å². The SMILES string of the molecule is CCOC(=O)C(C#N)C1(c2ccc(C)c(C)c2)CCN(C(=O)OC(C)(C)C)CC1. The second-order valence-electron chi connectivity index (χ2n) is 8.74. The number of aryl methyl sites for hydroxylation is 2. The van der Waals surface area contributed by atoms with Crippen LogP contribution in [0.25, 0.3) is 0 Å². The van der Waals surface area contributed by atoms with Gasteiger partial charge in [-0.3, -0.25) is 4.79 Å². The van der Waals surface area contributed by atoms with Crippen LogP contribution in [0.1, 0.15) is 57.2 Å². The van der Waals surface area contributed by atoms with Gasteiger partial charge in [0.05, 0.1) is 12.7 Å². The summed E-state index contributed by atoms with van der Waals surface area (Å²) < 4.78 is 10.7. The molecule has 0 saturated carbocycles. The average Bonchev–Trinajstić information content (AvgIpc) is 2.63. The third-order valence-electron chi connectivity index (χ3n) is 5.59. The molecule has 1 unspecified atom stereocenters. The van der Waals surface area contributed by atoms with Gasteiger partial charge in [-0.25, -0.2) is 4.79 Å². The summed E-state index contributed by atoms with van der Waals surface area (Å²) in [7, 11) is 0. The number of amides is 1. The number of hydrogen-bond acceptors (Lipinski definition) is 5. The molecule has 1 aromatic rings. The van der Waals surface area contributed by atoms with Gasteiger partial charge in [0, 0.05) is 18.5 Å². The maximum atomic E-state index is 12.7. The molecule has 158 valence electrons. The Morgan fingerprint density at radius 1 is 1.21 bits per heavy atom. The van der Waals surface area contributed by atoms with Crippen LogP contribution in [0.3, 0.4) is 0 Å². The summed E-state index contributed by atoms with van der Waals surface area (Å²) in [5.41, 5.74) is 1.94. The molecule has 1 atom stereocenters. The first-order valence-electron chi connectivity index (χ1n) is 10.2. The van der Waals surface area contributed by atoms with Crippen LogP contribution in [0.15, 0.2) is 18.2 Å². The fourth-order valence-electron chi connectivity index (χ4n) is 3.84. The lowest BCUT2D eigenvalue weighted by Crippen LogP contribution is -2.51. The second-order valence-corrected chi connectivity index (χ2v) is 8.74. The second kappa shape index (κ2) is 8.86. The molecule has 1 aromatic carbocycles. The minimum atomic E-state index is -0.926. The van der Waals surface area contributed by atoms with Crippen LogP contribution >= 0.6 is 0 Å². The molecule has 1 aliphatic rings. The summed E-state index contributed by atoms with van der Waals surface area (Å²) in [5.74, 6) is -1.43. The van der Waals surface area contributed by atoms with Gasteiger partial charge in [-0.2, -0.15) is 5.26 Å². The Labute approximate surface area is 173 Å². The standard InChI is InChI=1S/C23H32N2O4/c1-7-28-20(26)19(15-24)23(18-9-8-16(2)17(3)14-18)10-12-25(13-11-23)21(27)29-22(4,5)6/h8-9,14,19H,7,10-13H2,1-6H3. The molecular weight excluding hydrogens is 368 g/mol. The lowest BCUT2D eigenvalue weighted by Gasteiger charge is -2.44. The van der Waals surface area contributed by atoms with Crippen molar-refractivity contribution in [2.24, 2.45) is 5.92 Å². The smallest absolute Gasteiger partial charge is 0.410 e. The quantitative estimate of drug-likeness (QED) is 0.705. The molecule has 0 spiro atoms. The molecule has 0 aliphatic carbocycles. The summed E-state index contributed by atoms with van der Waals surface area (Å²) in [4.78, 5) is 26.8. The Morgan fingerprint density at radius 2 is 1.83 bits per heavy atom. The largest absolute Gasteiger partial charge is 0.465 e. The Balaban J connectivity index is 2.38. The molecule has 6 nitrogen and oxygen atoms in total. The van der Waals surface area contributed by atoms with E-state index in [9.17, 15) is 14.9 Å². The lowest BCUT2D eigenvalue weighted by molar-refractivity contribution is -0.149. The van der Waals surface area contributed by atoms with Gasteiger partial charge in [0.2, 0.25) is 0 Å². The maximum absolute atomic E-state index is 12.7. The number of likely N-dealkylation sites (tertiary alicyclic amines) is 1. The van der Waals surface area contributed by atoms with Gasteiger partial charge in [-0.1, -0.05) is 18.2 Å². The highest BCUT2D eigenvalue weighted by Crippen LogP contribution is 2.43. The van der Waals surface area contributed by atoms with E-state index in [-0.39, 0.29) is 12.7 Å². The van der Waals surface area contributed by atoms with E-state index in [0.29, 0.717) is 25.9 Å². The third-order valence-corrected chi connectivity index (χ3v) is 5.59. The topological polar surface area (TPSA) is 79.6 Å². The van der Waals surface area contributed by atoms with Gasteiger partial charge in [0.25, 0.3) is 0 Å². The number of esters is 1. The van der Waals surface area contributed by atoms with Crippen molar-refractivity contribution in [3.8, 4) is 6.07 Å². The zero-order valence-corrected chi connectivity index (χ0v) is 18.4. The van der Waals surface area contributed by atoms with Crippen LogP contribution in [0.2, 0.25) is 0 Å². The molecule has 0 radical (unpaired) electrons. The summed E-state index contributed by atoms with van der Waals surface area (Å²) in [5, 5.41) is 9.90. The summed E-state index contributed by atoms with van der Waals surface area (Å²) in [6.45, 7) is 12.4. The highest BCUT2D eigenvalue weighted by Gasteiger charge is 2.48. The molecular formula is C23H32N2O4. The molecule has 2 rings (SSSR count). The summed E-state index contributed by atoms with van der Waals surface area (Å²) >= 11 is 0. The van der Waals surface area contributed by atoms with E-state index in [0.717, 1.165) is 16.7 Å². The predicted molar refractivity (Wildman–Crippen MR) is 110 cm³/mol. The van der Waals surface area contributed by atoms with Crippen LogP contribution in [0.5, 0.6) is 0 Å². The first-order chi connectivity index (χ1) is 13.5. The molecule has 1 fully saturated rings. The molecule has 6 heteroatoms. The highest BCUT2D eigenvalue weighted by atomic mass is 16.6. The molecule has 1 saturated heterocycles. The Hall–Kier alpha value is -2.55. The number of carbonyl (C=O) groups excluding carboxylic acids is 2. The van der Waals surface area contributed by atoms with Crippen molar-refractivity contribution >= 4 is 12.1 Å². The van der Waals surface area contributed by atoms with Gasteiger partial charge >= 0.3 is 12.1 Å². The fraction of sp³-hybridized carbons (Fsp3) is 0.609. The zero-order valence-electron chi connectivity index (χ0n) is 18.4. The lowest BCUT2D eigenvalue weighted by atomic mass is 9.64. The molecule has 0 N–H and O–H groups in total. The molecule has 0 aromatic heterocycles. The van der Waals surface area contributed by atoms with E-state index < -0.39 is 22.9 Å². The molecule has 1 aliphatic heterocycles. The number of piperidine rings is 1. The first-order valence-corrected chi connectivity index (χ1v) is 10.2. The summed E-state index contributed by atoms with van der Waals surface area (Å²) in [6, 6.07) is 8.28. The van der Waals surface area contributed by atoms with Gasteiger partial charge in [-0.15, -0.1) is 0 Å². The van der Waals surface area contributed by atoms with Gasteiger partial charge < -0.3 is 14.4 Å². The van der Waals surface area contributed by atoms with Gasteiger partial charge in [0.1, 0.15) is 5.60 Å². The fourth-order valence-corrected chi connectivity index (χ4v) is 3.84. The number of nitrogens with zero attached hydrogens (tertiary/aromatic N) is 2. The van der Waals surface area contributed by atoms with E-state index in [4.69, 9.17) is 9.47 Å². The number of nitriles is 1. The van der Waals surface area contributed by atoms with Crippen LogP contribution in [-0.2, 0) is 19.7 Å². The van der Waals surface area contributed by atoms with Crippen LogP contribution < -0.4 is 0 Å². The third kappa shape index (κ3) is 5.09. The zero-order chi connectivity index (χ0) is 21.8. The van der Waals surface area contributed by atoms with Crippen molar-refractivity contribution in [1.29, 1.82) is 5.26 Å². The Morgan fingerprint density at radius 3 is 2.31 bits per heavy atom. The Kier molecular flexibility index (Phi) is 6.94. The normalized spacial score (nSPS) is 17.2. The number of carbonyl (C=O) groups is 2. The minimum Gasteiger partial charge on any atom is -0.465 e. The number of rotatable bonds is 4. The van der Waals surface area contributed by atoms with E-state index in [1.54, 1.807) is 11.8 Å². The van der Waals surface area contributed by atoms with Crippen molar-refractivity contribution < 1.29 is 19.1 Å².